The lowest BCUT2D eigenvalue weighted by molar-refractivity contribution is -0.127. The highest BCUT2D eigenvalue weighted by Crippen LogP contribution is 2.22. The maximum atomic E-state index is 9.20. The Bertz CT molecular complexity index is 128. The zero-order valence-electron chi connectivity index (χ0n) is 8.28. The summed E-state index contributed by atoms with van der Waals surface area (Å²) >= 11 is 0. The molecule has 1 aliphatic rings. The molecule has 1 saturated heterocycles. The summed E-state index contributed by atoms with van der Waals surface area (Å²) in [6, 6.07) is 0. The highest BCUT2D eigenvalue weighted by Gasteiger charge is 2.31. The van der Waals surface area contributed by atoms with Gasteiger partial charge in [0.2, 0.25) is 0 Å². The summed E-state index contributed by atoms with van der Waals surface area (Å²) in [4.78, 5) is 0. The van der Waals surface area contributed by atoms with Crippen molar-refractivity contribution in [3.8, 4) is 0 Å². The molecule has 1 aliphatic heterocycles. The van der Waals surface area contributed by atoms with E-state index in [9.17, 15) is 5.11 Å². The van der Waals surface area contributed by atoms with Crippen molar-refractivity contribution in [2.45, 2.75) is 63.9 Å². The van der Waals surface area contributed by atoms with Gasteiger partial charge in [0.05, 0.1) is 6.10 Å². The molecule has 0 bridgehead atoms. The topological polar surface area (TPSA) is 49.7 Å². The first kappa shape index (κ1) is 11.0. The second kappa shape index (κ2) is 5.58. The highest BCUT2D eigenvalue weighted by atomic mass is 16.6. The van der Waals surface area contributed by atoms with Crippen LogP contribution in [0.4, 0.5) is 0 Å². The Morgan fingerprint density at radius 1 is 1.23 bits per heavy atom. The van der Waals surface area contributed by atoms with Crippen LogP contribution in [0.5, 0.6) is 0 Å². The lowest BCUT2D eigenvalue weighted by Gasteiger charge is -2.08. The first-order chi connectivity index (χ1) is 6.24. The van der Waals surface area contributed by atoms with Crippen molar-refractivity contribution >= 4 is 0 Å². The van der Waals surface area contributed by atoms with Gasteiger partial charge in [-0.15, -0.1) is 0 Å². The van der Waals surface area contributed by atoms with E-state index in [1.54, 1.807) is 0 Å². The summed E-state index contributed by atoms with van der Waals surface area (Å²) in [5.41, 5.74) is 0. The van der Waals surface area contributed by atoms with Crippen LogP contribution in [0.2, 0.25) is 0 Å². The Kier molecular flexibility index (Phi) is 4.70. The fourth-order valence-electron chi connectivity index (χ4n) is 1.71. The van der Waals surface area contributed by atoms with Gasteiger partial charge in [0.1, 0.15) is 6.10 Å². The number of ether oxygens (including phenoxy) is 1. The van der Waals surface area contributed by atoms with Crippen molar-refractivity contribution in [1.82, 2.24) is 0 Å². The van der Waals surface area contributed by atoms with Crippen molar-refractivity contribution in [3.05, 3.63) is 0 Å². The van der Waals surface area contributed by atoms with Crippen LogP contribution < -0.4 is 0 Å². The summed E-state index contributed by atoms with van der Waals surface area (Å²) in [6.45, 7) is 2.18. The zero-order valence-corrected chi connectivity index (χ0v) is 8.28. The van der Waals surface area contributed by atoms with Crippen molar-refractivity contribution < 1.29 is 14.9 Å². The lowest BCUT2D eigenvalue weighted by Crippen LogP contribution is -2.19. The smallest absolute Gasteiger partial charge is 0.181 e. The molecule has 1 heterocycles. The van der Waals surface area contributed by atoms with Gasteiger partial charge in [-0.05, 0) is 6.42 Å². The van der Waals surface area contributed by atoms with E-state index in [1.165, 1.54) is 19.3 Å². The van der Waals surface area contributed by atoms with Gasteiger partial charge >= 0.3 is 0 Å². The molecule has 3 atom stereocenters. The number of hydrogen-bond donors (Lipinski definition) is 2. The maximum absolute atomic E-state index is 9.20. The average molecular weight is 188 g/mol. The third-order valence-corrected chi connectivity index (χ3v) is 2.55. The maximum Gasteiger partial charge on any atom is 0.181 e. The van der Waals surface area contributed by atoms with E-state index < -0.39 is 12.4 Å². The van der Waals surface area contributed by atoms with Crippen LogP contribution in [-0.2, 0) is 4.74 Å². The van der Waals surface area contributed by atoms with Crippen molar-refractivity contribution in [2.24, 2.45) is 0 Å². The third-order valence-electron chi connectivity index (χ3n) is 2.55. The summed E-state index contributed by atoms with van der Waals surface area (Å²) in [5.74, 6) is 0. The molecule has 1 unspecified atom stereocenters. The molecule has 1 fully saturated rings. The minimum Gasteiger partial charge on any atom is -0.388 e. The molecule has 3 heteroatoms. The Balaban J connectivity index is 2.03. The van der Waals surface area contributed by atoms with E-state index in [4.69, 9.17) is 9.84 Å². The predicted molar refractivity (Wildman–Crippen MR) is 50.3 cm³/mol. The minimum atomic E-state index is -0.948. The third kappa shape index (κ3) is 3.63. The van der Waals surface area contributed by atoms with Crippen molar-refractivity contribution in [2.75, 3.05) is 0 Å². The predicted octanol–water partition coefficient (Wildman–Crippen LogP) is 1.42. The first-order valence-corrected chi connectivity index (χ1v) is 5.25. The van der Waals surface area contributed by atoms with E-state index in [0.717, 1.165) is 12.8 Å². The number of hydrogen-bond acceptors (Lipinski definition) is 3. The van der Waals surface area contributed by atoms with Gasteiger partial charge in [-0.25, -0.2) is 0 Å². The molecule has 13 heavy (non-hydrogen) atoms. The largest absolute Gasteiger partial charge is 0.388 e. The van der Waals surface area contributed by atoms with E-state index >= 15 is 0 Å². The number of aliphatic hydroxyl groups is 2. The summed E-state index contributed by atoms with van der Waals surface area (Å²) < 4.78 is 5.16. The first-order valence-electron chi connectivity index (χ1n) is 5.25. The van der Waals surface area contributed by atoms with Crippen LogP contribution in [0.25, 0.3) is 0 Å². The fraction of sp³-hybridized carbons (Fsp3) is 1.00. The molecular weight excluding hydrogens is 168 g/mol. The Morgan fingerprint density at radius 2 is 2.00 bits per heavy atom. The molecule has 0 aromatic rings. The van der Waals surface area contributed by atoms with Crippen LogP contribution in [-0.4, -0.2) is 28.7 Å². The molecule has 78 valence electrons. The fourth-order valence-corrected chi connectivity index (χ4v) is 1.71. The molecule has 0 radical (unpaired) electrons. The van der Waals surface area contributed by atoms with Gasteiger partial charge in [0.15, 0.2) is 6.29 Å². The standard InChI is InChI=1S/C10H20O3/c1-2-3-4-5-6-8-7-9(11)10(12)13-8/h8-12H,2-7H2,1H3/t8-,9-,10?/m1/s1. The SMILES string of the molecule is CCCCCC[C@@H]1C[C@@H](O)C(O)O1. The number of unbranched alkanes of at least 4 members (excludes halogenated alkanes) is 3. The molecule has 0 amide bonds. The van der Waals surface area contributed by atoms with Gasteiger partial charge < -0.3 is 14.9 Å². The average Bonchev–Trinajstić information content (AvgIpc) is 2.41. The van der Waals surface area contributed by atoms with Gasteiger partial charge in [-0.1, -0.05) is 32.6 Å². The number of rotatable bonds is 5. The number of aliphatic hydroxyl groups excluding tert-OH is 2. The quantitative estimate of drug-likeness (QED) is 0.642. The normalized spacial score (nSPS) is 33.9. The van der Waals surface area contributed by atoms with Crippen molar-refractivity contribution in [3.63, 3.8) is 0 Å². The zero-order chi connectivity index (χ0) is 9.68. The summed E-state index contributed by atoms with van der Waals surface area (Å²) in [6.07, 6.45) is 4.87. The van der Waals surface area contributed by atoms with Gasteiger partial charge in [-0.2, -0.15) is 0 Å². The Hall–Kier alpha value is -0.120. The second-order valence-corrected chi connectivity index (χ2v) is 3.80. The van der Waals surface area contributed by atoms with Crippen LogP contribution in [0, 0.1) is 0 Å². The molecule has 0 aromatic carbocycles. The summed E-state index contributed by atoms with van der Waals surface area (Å²) in [5, 5.41) is 18.3. The van der Waals surface area contributed by atoms with Gasteiger partial charge in [0.25, 0.3) is 0 Å². The van der Waals surface area contributed by atoms with Gasteiger partial charge in [0, 0.05) is 6.42 Å². The molecule has 0 spiro atoms. The molecule has 2 N–H and O–H groups in total. The molecular formula is C10H20O3. The summed E-state index contributed by atoms with van der Waals surface area (Å²) in [7, 11) is 0. The lowest BCUT2D eigenvalue weighted by atomic mass is 10.1. The molecule has 3 nitrogen and oxygen atoms in total. The monoisotopic (exact) mass is 188 g/mol. The minimum absolute atomic E-state index is 0.0712. The van der Waals surface area contributed by atoms with E-state index in [-0.39, 0.29) is 6.10 Å². The van der Waals surface area contributed by atoms with Crippen LogP contribution >= 0.6 is 0 Å². The molecule has 0 aromatic heterocycles. The molecule has 0 saturated carbocycles. The Labute approximate surface area is 79.7 Å². The Morgan fingerprint density at radius 3 is 2.54 bits per heavy atom. The molecule has 0 aliphatic carbocycles. The van der Waals surface area contributed by atoms with Crippen molar-refractivity contribution in [1.29, 1.82) is 0 Å². The van der Waals surface area contributed by atoms with Crippen LogP contribution in [0.3, 0.4) is 0 Å². The van der Waals surface area contributed by atoms with Gasteiger partial charge in [-0.3, -0.25) is 0 Å². The van der Waals surface area contributed by atoms with E-state index in [1.807, 2.05) is 0 Å². The van der Waals surface area contributed by atoms with E-state index in [0.29, 0.717) is 6.42 Å². The highest BCUT2D eigenvalue weighted by molar-refractivity contribution is 4.75. The van der Waals surface area contributed by atoms with Crippen LogP contribution in [0.15, 0.2) is 0 Å². The van der Waals surface area contributed by atoms with Crippen LogP contribution in [0.1, 0.15) is 45.4 Å². The van der Waals surface area contributed by atoms with E-state index in [2.05, 4.69) is 6.92 Å². The molecule has 1 rings (SSSR count). The second-order valence-electron chi connectivity index (χ2n) is 3.80.